The van der Waals surface area contributed by atoms with Crippen LogP contribution in [0, 0.1) is 0 Å². The van der Waals surface area contributed by atoms with E-state index >= 15 is 0 Å². The van der Waals surface area contributed by atoms with E-state index in [4.69, 9.17) is 16.3 Å². The number of carbonyl (C=O) groups is 2. The molecule has 4 nitrogen and oxygen atoms in total. The fourth-order valence-corrected chi connectivity index (χ4v) is 3.82. The molecule has 1 aliphatic heterocycles. The number of Topliss-reactive ketones (excluding diaryl/α,β-unsaturated/α-hetero) is 1. The molecule has 0 aromatic heterocycles. The summed E-state index contributed by atoms with van der Waals surface area (Å²) in [5.74, 6) is -1.03. The summed E-state index contributed by atoms with van der Waals surface area (Å²) in [5.41, 5.74) is 4.77. The first-order valence-electron chi connectivity index (χ1n) is 8.22. The summed E-state index contributed by atoms with van der Waals surface area (Å²) >= 11 is 6.02. The van der Waals surface area contributed by atoms with Crippen LogP contribution in [0.3, 0.4) is 0 Å². The molecule has 2 aromatic carbocycles. The van der Waals surface area contributed by atoms with Crippen molar-refractivity contribution in [3.05, 3.63) is 87.1 Å². The number of carbonyl (C=O) groups excluding carboxylic acids is 2. The zero-order valence-corrected chi connectivity index (χ0v) is 15.1. The van der Waals surface area contributed by atoms with Gasteiger partial charge in [-0.25, -0.2) is 4.79 Å². The fraction of sp³-hybridized carbons (Fsp3) is 0.143. The number of nitrogens with one attached hydrogen (secondary N) is 1. The molecule has 1 unspecified atom stereocenters. The molecule has 0 saturated heterocycles. The van der Waals surface area contributed by atoms with Gasteiger partial charge in [0.2, 0.25) is 0 Å². The predicted octanol–water partition coefficient (Wildman–Crippen LogP) is 4.08. The number of rotatable bonds is 2. The Kier molecular flexibility index (Phi) is 3.93. The minimum atomic E-state index is -0.504. The Bertz CT molecular complexity index is 1000. The van der Waals surface area contributed by atoms with E-state index in [-0.39, 0.29) is 5.78 Å². The molecule has 26 heavy (non-hydrogen) atoms. The number of allylic oxidation sites excluding steroid dienone is 2. The molecule has 1 heterocycles. The maximum absolute atomic E-state index is 13.1. The molecule has 0 saturated carbocycles. The van der Waals surface area contributed by atoms with E-state index in [1.807, 2.05) is 43.3 Å². The van der Waals surface area contributed by atoms with Gasteiger partial charge in [0.25, 0.3) is 0 Å². The van der Waals surface area contributed by atoms with Crippen LogP contribution in [0.25, 0.3) is 5.70 Å². The van der Waals surface area contributed by atoms with E-state index in [0.717, 1.165) is 16.8 Å². The van der Waals surface area contributed by atoms with E-state index < -0.39 is 11.9 Å². The number of dihydropyridines is 1. The Labute approximate surface area is 156 Å². The van der Waals surface area contributed by atoms with Crippen LogP contribution < -0.4 is 5.32 Å². The molecule has 130 valence electrons. The number of ketones is 1. The summed E-state index contributed by atoms with van der Waals surface area (Å²) in [4.78, 5) is 25.7. The van der Waals surface area contributed by atoms with E-state index in [9.17, 15) is 9.59 Å². The third-order valence-electron chi connectivity index (χ3n) is 4.86. The highest BCUT2D eigenvalue weighted by Crippen LogP contribution is 2.46. The topological polar surface area (TPSA) is 55.4 Å². The smallest absolute Gasteiger partial charge is 0.336 e. The van der Waals surface area contributed by atoms with Crippen LogP contribution in [0.5, 0.6) is 0 Å². The van der Waals surface area contributed by atoms with E-state index in [0.29, 0.717) is 27.4 Å². The van der Waals surface area contributed by atoms with Crippen LogP contribution in [0.1, 0.15) is 34.3 Å². The number of fused-ring (bicyclic) bond motifs is 2. The lowest BCUT2D eigenvalue weighted by Gasteiger charge is -2.29. The lowest BCUT2D eigenvalue weighted by Crippen LogP contribution is -2.29. The normalized spacial score (nSPS) is 18.4. The van der Waals surface area contributed by atoms with Gasteiger partial charge in [-0.05, 0) is 24.6 Å². The average Bonchev–Trinajstić information content (AvgIpc) is 2.93. The van der Waals surface area contributed by atoms with Gasteiger partial charge in [-0.15, -0.1) is 0 Å². The van der Waals surface area contributed by atoms with Crippen molar-refractivity contribution in [1.29, 1.82) is 0 Å². The summed E-state index contributed by atoms with van der Waals surface area (Å²) in [5, 5.41) is 3.85. The first-order valence-corrected chi connectivity index (χ1v) is 8.60. The largest absolute Gasteiger partial charge is 0.466 e. The lowest BCUT2D eigenvalue weighted by molar-refractivity contribution is -0.136. The van der Waals surface area contributed by atoms with Gasteiger partial charge in [-0.2, -0.15) is 0 Å². The van der Waals surface area contributed by atoms with Gasteiger partial charge in [-0.1, -0.05) is 48.0 Å². The molecule has 0 fully saturated rings. The van der Waals surface area contributed by atoms with Gasteiger partial charge in [0.15, 0.2) is 5.78 Å². The SMILES string of the molecule is COC(=O)C1=C(C)NC2=C(C(=O)c3ccccc32)C1c1ccc(Cl)cc1. The molecule has 1 N–H and O–H groups in total. The van der Waals surface area contributed by atoms with Crippen LogP contribution in [-0.4, -0.2) is 18.9 Å². The summed E-state index contributed by atoms with van der Waals surface area (Å²) in [6.45, 7) is 1.82. The van der Waals surface area contributed by atoms with E-state index in [1.165, 1.54) is 7.11 Å². The Morgan fingerprint density at radius 3 is 2.38 bits per heavy atom. The number of methoxy groups -OCH3 is 1. The molecule has 0 spiro atoms. The molecule has 0 amide bonds. The minimum Gasteiger partial charge on any atom is -0.466 e. The van der Waals surface area contributed by atoms with Gasteiger partial charge in [-0.3, -0.25) is 4.79 Å². The Balaban J connectivity index is 1.95. The zero-order chi connectivity index (χ0) is 18.4. The third kappa shape index (κ3) is 2.37. The molecule has 1 atom stereocenters. The van der Waals surface area contributed by atoms with Crippen LogP contribution in [0.15, 0.2) is 65.4 Å². The van der Waals surface area contributed by atoms with Crippen LogP contribution in [0.2, 0.25) is 5.02 Å². The second-order valence-corrected chi connectivity index (χ2v) is 6.74. The van der Waals surface area contributed by atoms with Crippen LogP contribution >= 0.6 is 11.6 Å². The average molecular weight is 366 g/mol. The predicted molar refractivity (Wildman–Crippen MR) is 99.7 cm³/mol. The number of ether oxygens (including phenoxy) is 1. The van der Waals surface area contributed by atoms with Gasteiger partial charge in [0.1, 0.15) is 0 Å². The minimum absolute atomic E-state index is 0.0723. The molecule has 2 aromatic rings. The Morgan fingerprint density at radius 1 is 1.08 bits per heavy atom. The second kappa shape index (κ2) is 6.15. The van der Waals surface area contributed by atoms with E-state index in [2.05, 4.69) is 5.32 Å². The first kappa shape index (κ1) is 16.6. The quantitative estimate of drug-likeness (QED) is 0.815. The van der Waals surface area contributed by atoms with Crippen molar-refractivity contribution >= 4 is 29.1 Å². The number of hydrogen-bond donors (Lipinski definition) is 1. The molecular formula is C21H16ClNO3. The number of benzene rings is 2. The highest BCUT2D eigenvalue weighted by atomic mass is 35.5. The molecular weight excluding hydrogens is 350 g/mol. The monoisotopic (exact) mass is 365 g/mol. The molecule has 4 rings (SSSR count). The standard InChI is InChI=1S/C21H16ClNO3/c1-11-16(21(25)26-2)17(12-7-9-13(22)10-8-12)18-19(23-11)14-5-3-4-6-15(14)20(18)24/h3-10,17,23H,1-2H3. The van der Waals surface area contributed by atoms with Gasteiger partial charge in [0.05, 0.1) is 18.4 Å². The molecule has 1 aliphatic carbocycles. The highest BCUT2D eigenvalue weighted by Gasteiger charge is 2.42. The van der Waals surface area contributed by atoms with Crippen molar-refractivity contribution in [2.75, 3.05) is 7.11 Å². The Hall–Kier alpha value is -2.85. The molecule has 0 radical (unpaired) electrons. The third-order valence-corrected chi connectivity index (χ3v) is 5.11. The van der Waals surface area contributed by atoms with Gasteiger partial charge >= 0.3 is 5.97 Å². The van der Waals surface area contributed by atoms with Gasteiger partial charge < -0.3 is 10.1 Å². The molecule has 5 heteroatoms. The summed E-state index contributed by atoms with van der Waals surface area (Å²) < 4.78 is 5.00. The lowest BCUT2D eigenvalue weighted by atomic mass is 9.80. The van der Waals surface area contributed by atoms with Crippen molar-refractivity contribution in [2.45, 2.75) is 12.8 Å². The fourth-order valence-electron chi connectivity index (χ4n) is 3.70. The first-order chi connectivity index (χ1) is 12.5. The van der Waals surface area contributed by atoms with Crippen molar-refractivity contribution in [3.8, 4) is 0 Å². The van der Waals surface area contributed by atoms with Crippen molar-refractivity contribution < 1.29 is 14.3 Å². The summed E-state index contributed by atoms with van der Waals surface area (Å²) in [7, 11) is 1.34. The van der Waals surface area contributed by atoms with Gasteiger partial charge in [0, 0.05) is 33.3 Å². The number of esters is 1. The van der Waals surface area contributed by atoms with Crippen molar-refractivity contribution in [2.24, 2.45) is 0 Å². The maximum Gasteiger partial charge on any atom is 0.336 e. The second-order valence-electron chi connectivity index (χ2n) is 6.30. The maximum atomic E-state index is 13.1. The molecule has 2 aliphatic rings. The molecule has 0 bridgehead atoms. The van der Waals surface area contributed by atoms with Crippen molar-refractivity contribution in [1.82, 2.24) is 5.32 Å². The van der Waals surface area contributed by atoms with Crippen molar-refractivity contribution in [3.63, 3.8) is 0 Å². The summed E-state index contributed by atoms with van der Waals surface area (Å²) in [6, 6.07) is 14.7. The van der Waals surface area contributed by atoms with Crippen LogP contribution in [-0.2, 0) is 9.53 Å². The Morgan fingerprint density at radius 2 is 1.73 bits per heavy atom. The number of hydrogen-bond acceptors (Lipinski definition) is 4. The van der Waals surface area contributed by atoms with Crippen LogP contribution in [0.4, 0.5) is 0 Å². The summed E-state index contributed by atoms with van der Waals surface area (Å²) in [6.07, 6.45) is 0. The number of halogens is 1. The zero-order valence-electron chi connectivity index (χ0n) is 14.3. The van der Waals surface area contributed by atoms with E-state index in [1.54, 1.807) is 12.1 Å². The highest BCUT2D eigenvalue weighted by molar-refractivity contribution is 6.30.